The fraction of sp³-hybridized carbons (Fsp3) is 0.0500. The van der Waals surface area contributed by atoms with Gasteiger partial charge in [0.15, 0.2) is 0 Å². The number of aromatic nitrogens is 2. The number of nitrogens with zero attached hydrogens (tertiary/aromatic N) is 2. The first kappa shape index (κ1) is 15.8. The Bertz CT molecular complexity index is 1070. The normalized spacial score (nSPS) is 11.2. The average molecular weight is 355 g/mol. The van der Waals surface area contributed by atoms with E-state index in [4.69, 9.17) is 11.6 Å². The van der Waals surface area contributed by atoms with Gasteiger partial charge in [-0.3, -0.25) is 0 Å². The maximum absolute atomic E-state index is 14.3. The van der Waals surface area contributed by atoms with E-state index in [1.165, 1.54) is 18.2 Å². The lowest BCUT2D eigenvalue weighted by molar-refractivity contribution is 0.626. The molecule has 0 aliphatic heterocycles. The maximum atomic E-state index is 14.3. The van der Waals surface area contributed by atoms with Crippen molar-refractivity contribution in [3.63, 3.8) is 0 Å². The highest BCUT2D eigenvalue weighted by molar-refractivity contribution is 6.31. The Balaban J connectivity index is 1.92. The minimum absolute atomic E-state index is 0.331. The molecule has 0 atom stereocenters. The molecule has 124 valence electrons. The van der Waals surface area contributed by atoms with Gasteiger partial charge in [-0.1, -0.05) is 41.9 Å². The predicted octanol–water partition coefficient (Wildman–Crippen LogP) is 5.68. The molecule has 4 rings (SSSR count). The minimum Gasteiger partial charge on any atom is -0.319 e. The van der Waals surface area contributed by atoms with Gasteiger partial charge in [-0.15, -0.1) is 0 Å². The van der Waals surface area contributed by atoms with Gasteiger partial charge in [0.25, 0.3) is 0 Å². The lowest BCUT2D eigenvalue weighted by Crippen LogP contribution is -2.04. The fourth-order valence-electron chi connectivity index (χ4n) is 2.90. The van der Waals surface area contributed by atoms with Crippen LogP contribution in [0.1, 0.15) is 5.56 Å². The highest BCUT2D eigenvalue weighted by atomic mass is 35.5. The Hall–Kier alpha value is -2.72. The zero-order valence-corrected chi connectivity index (χ0v) is 13.8. The topological polar surface area (TPSA) is 17.8 Å². The molecule has 0 aliphatic carbocycles. The molecule has 3 aromatic carbocycles. The zero-order valence-electron chi connectivity index (χ0n) is 13.1. The summed E-state index contributed by atoms with van der Waals surface area (Å²) in [7, 11) is 0. The molecule has 0 saturated carbocycles. The van der Waals surface area contributed by atoms with Crippen molar-refractivity contribution >= 4 is 22.6 Å². The molecule has 0 N–H and O–H groups in total. The van der Waals surface area contributed by atoms with Crippen LogP contribution in [0.15, 0.2) is 66.7 Å². The third-order valence-corrected chi connectivity index (χ3v) is 4.46. The first-order valence-corrected chi connectivity index (χ1v) is 8.15. The quantitative estimate of drug-likeness (QED) is 0.462. The molecular weight excluding hydrogens is 342 g/mol. The SMILES string of the molecule is Fc1ccc(Cn2c(-c3ccccc3F)nc3ccccc32)c(Cl)c1. The Kier molecular flexibility index (Phi) is 3.98. The number of imidazole rings is 1. The summed E-state index contributed by atoms with van der Waals surface area (Å²) in [5.41, 5.74) is 2.78. The molecule has 0 fully saturated rings. The van der Waals surface area contributed by atoms with Crippen molar-refractivity contribution in [2.24, 2.45) is 0 Å². The second kappa shape index (κ2) is 6.30. The van der Waals surface area contributed by atoms with E-state index in [1.807, 2.05) is 28.8 Å². The van der Waals surface area contributed by atoms with Gasteiger partial charge in [-0.25, -0.2) is 13.8 Å². The van der Waals surface area contributed by atoms with Crippen LogP contribution in [0.3, 0.4) is 0 Å². The molecule has 0 amide bonds. The van der Waals surface area contributed by atoms with Crippen molar-refractivity contribution in [3.05, 3.63) is 89.0 Å². The molecule has 0 bridgehead atoms. The van der Waals surface area contributed by atoms with E-state index in [9.17, 15) is 8.78 Å². The molecule has 2 nitrogen and oxygen atoms in total. The van der Waals surface area contributed by atoms with Crippen LogP contribution >= 0.6 is 11.6 Å². The van der Waals surface area contributed by atoms with Gasteiger partial charge in [0.05, 0.1) is 23.1 Å². The van der Waals surface area contributed by atoms with E-state index in [0.29, 0.717) is 23.0 Å². The first-order valence-electron chi connectivity index (χ1n) is 7.77. The maximum Gasteiger partial charge on any atom is 0.144 e. The van der Waals surface area contributed by atoms with Crippen molar-refractivity contribution < 1.29 is 8.78 Å². The monoisotopic (exact) mass is 354 g/mol. The lowest BCUT2D eigenvalue weighted by atomic mass is 10.1. The Morgan fingerprint density at radius 3 is 2.48 bits per heavy atom. The number of para-hydroxylation sites is 2. The molecule has 0 radical (unpaired) electrons. The summed E-state index contributed by atoms with van der Waals surface area (Å²) in [6.45, 7) is 0.364. The van der Waals surface area contributed by atoms with Crippen molar-refractivity contribution in [2.75, 3.05) is 0 Å². The summed E-state index contributed by atoms with van der Waals surface area (Å²) in [5.74, 6) is -0.220. The molecular formula is C20H13ClF2N2. The standard InChI is InChI=1S/C20H13ClF2N2/c21-16-11-14(22)10-9-13(16)12-25-19-8-4-3-7-18(19)24-20(25)15-5-1-2-6-17(15)23/h1-11H,12H2. The molecule has 0 saturated heterocycles. The Morgan fingerprint density at radius 1 is 0.920 bits per heavy atom. The van der Waals surface area contributed by atoms with Gasteiger partial charge in [-0.05, 0) is 42.0 Å². The number of halogens is 3. The second-order valence-corrected chi connectivity index (χ2v) is 6.13. The number of fused-ring (bicyclic) bond motifs is 1. The fourth-order valence-corrected chi connectivity index (χ4v) is 3.13. The van der Waals surface area contributed by atoms with Crippen LogP contribution in [-0.4, -0.2) is 9.55 Å². The lowest BCUT2D eigenvalue weighted by Gasteiger charge is -2.11. The predicted molar refractivity (Wildman–Crippen MR) is 95.6 cm³/mol. The third-order valence-electron chi connectivity index (χ3n) is 4.11. The smallest absolute Gasteiger partial charge is 0.144 e. The van der Waals surface area contributed by atoms with Crippen LogP contribution in [0, 0.1) is 11.6 Å². The summed E-state index contributed by atoms with van der Waals surface area (Å²) in [6, 6.07) is 18.4. The van der Waals surface area contributed by atoms with Crippen LogP contribution < -0.4 is 0 Å². The molecule has 5 heteroatoms. The highest BCUT2D eigenvalue weighted by Crippen LogP contribution is 2.29. The molecule has 0 spiro atoms. The van der Waals surface area contributed by atoms with Crippen LogP contribution in [0.5, 0.6) is 0 Å². The molecule has 1 heterocycles. The van der Waals surface area contributed by atoms with E-state index in [1.54, 1.807) is 24.3 Å². The van der Waals surface area contributed by atoms with Gasteiger partial charge in [0.1, 0.15) is 17.5 Å². The number of hydrogen-bond donors (Lipinski definition) is 0. The van der Waals surface area contributed by atoms with Crippen molar-refractivity contribution in [3.8, 4) is 11.4 Å². The summed E-state index contributed by atoms with van der Waals surface area (Å²) in [4.78, 5) is 4.59. The van der Waals surface area contributed by atoms with Crippen LogP contribution in [0.25, 0.3) is 22.4 Å². The van der Waals surface area contributed by atoms with Gasteiger partial charge < -0.3 is 4.57 Å². The number of rotatable bonds is 3. The third kappa shape index (κ3) is 2.89. The molecule has 1 aromatic heterocycles. The van der Waals surface area contributed by atoms with Gasteiger partial charge in [-0.2, -0.15) is 0 Å². The zero-order chi connectivity index (χ0) is 17.4. The van der Waals surface area contributed by atoms with Crippen molar-refractivity contribution in [2.45, 2.75) is 6.54 Å². The van der Waals surface area contributed by atoms with Crippen molar-refractivity contribution in [1.29, 1.82) is 0 Å². The Morgan fingerprint density at radius 2 is 1.68 bits per heavy atom. The molecule has 0 aliphatic rings. The van der Waals surface area contributed by atoms with E-state index >= 15 is 0 Å². The average Bonchev–Trinajstić information content (AvgIpc) is 2.96. The second-order valence-electron chi connectivity index (χ2n) is 5.73. The van der Waals surface area contributed by atoms with E-state index in [0.717, 1.165) is 16.6 Å². The summed E-state index contributed by atoms with van der Waals surface area (Å²) in [6.07, 6.45) is 0. The van der Waals surface area contributed by atoms with E-state index < -0.39 is 5.82 Å². The van der Waals surface area contributed by atoms with Gasteiger partial charge >= 0.3 is 0 Å². The van der Waals surface area contributed by atoms with E-state index in [2.05, 4.69) is 4.98 Å². The summed E-state index contributed by atoms with van der Waals surface area (Å²) in [5, 5.41) is 0.331. The molecule has 0 unspecified atom stereocenters. The van der Waals surface area contributed by atoms with Crippen molar-refractivity contribution in [1.82, 2.24) is 9.55 Å². The summed E-state index contributed by atoms with van der Waals surface area (Å²) < 4.78 is 29.5. The summed E-state index contributed by atoms with van der Waals surface area (Å²) >= 11 is 6.18. The Labute approximate surface area is 148 Å². The largest absolute Gasteiger partial charge is 0.319 e. The van der Waals surface area contributed by atoms with Crippen LogP contribution in [-0.2, 0) is 6.54 Å². The highest BCUT2D eigenvalue weighted by Gasteiger charge is 2.16. The first-order chi connectivity index (χ1) is 12.1. The van der Waals surface area contributed by atoms with Gasteiger partial charge in [0.2, 0.25) is 0 Å². The number of hydrogen-bond acceptors (Lipinski definition) is 1. The van der Waals surface area contributed by atoms with Gasteiger partial charge in [0, 0.05) is 5.02 Å². The van der Waals surface area contributed by atoms with Crippen LogP contribution in [0.2, 0.25) is 5.02 Å². The minimum atomic E-state index is -0.390. The molecule has 4 aromatic rings. The molecule has 25 heavy (non-hydrogen) atoms. The van der Waals surface area contributed by atoms with E-state index in [-0.39, 0.29) is 5.82 Å². The van der Waals surface area contributed by atoms with Crippen LogP contribution in [0.4, 0.5) is 8.78 Å². The number of benzene rings is 3.